The molecule has 3 aliphatic rings. The second-order valence-electron chi connectivity index (χ2n) is 7.27. The van der Waals surface area contributed by atoms with Gasteiger partial charge in [-0.15, -0.1) is 0 Å². The standard InChI is InChI=1S/C21H22N2O6/c1-3-9-28-20(26)18-15(11-16-17(12(2)24)19(25)23(16)18)13-4-6-14(7-5-13)22-8-10-29-21(22)27/h3-7,12,16-17,24H,1,8-11H2,2H3/t12-,16-,17-/m1/s1. The second-order valence-corrected chi connectivity index (χ2v) is 7.27. The topological polar surface area (TPSA) is 96.4 Å². The first-order chi connectivity index (χ1) is 13.9. The van der Waals surface area contributed by atoms with Crippen LogP contribution in [0.4, 0.5) is 10.5 Å². The molecule has 1 aromatic carbocycles. The molecule has 0 bridgehead atoms. The number of cyclic esters (lactones) is 1. The van der Waals surface area contributed by atoms with Gasteiger partial charge >= 0.3 is 12.1 Å². The zero-order chi connectivity index (χ0) is 20.7. The molecule has 2 amide bonds. The molecule has 3 heterocycles. The predicted molar refractivity (Wildman–Crippen MR) is 104 cm³/mol. The van der Waals surface area contributed by atoms with E-state index in [2.05, 4.69) is 6.58 Å². The minimum absolute atomic E-state index is 0.0398. The number of ether oxygens (including phenoxy) is 2. The number of benzene rings is 1. The second kappa shape index (κ2) is 7.36. The molecule has 0 aliphatic carbocycles. The molecule has 3 atom stereocenters. The van der Waals surface area contributed by atoms with Gasteiger partial charge in [0.25, 0.3) is 0 Å². The summed E-state index contributed by atoms with van der Waals surface area (Å²) >= 11 is 0. The van der Waals surface area contributed by atoms with Gasteiger partial charge in [0, 0.05) is 5.69 Å². The third-order valence-electron chi connectivity index (χ3n) is 5.54. The van der Waals surface area contributed by atoms with Crippen LogP contribution in [0, 0.1) is 5.92 Å². The first-order valence-electron chi connectivity index (χ1n) is 9.51. The zero-order valence-electron chi connectivity index (χ0n) is 16.0. The fourth-order valence-corrected chi connectivity index (χ4v) is 4.19. The van der Waals surface area contributed by atoms with Gasteiger partial charge in [0.15, 0.2) is 0 Å². The Hall–Kier alpha value is -3.13. The summed E-state index contributed by atoms with van der Waals surface area (Å²) in [6.07, 6.45) is 0.730. The van der Waals surface area contributed by atoms with Crippen molar-refractivity contribution < 1.29 is 29.0 Å². The van der Waals surface area contributed by atoms with Crippen LogP contribution in [0.2, 0.25) is 0 Å². The number of aliphatic hydroxyl groups excluding tert-OH is 1. The van der Waals surface area contributed by atoms with Crippen molar-refractivity contribution in [3.8, 4) is 0 Å². The van der Waals surface area contributed by atoms with Gasteiger partial charge in [0.05, 0.1) is 24.6 Å². The zero-order valence-corrected chi connectivity index (χ0v) is 16.0. The highest BCUT2D eigenvalue weighted by molar-refractivity contribution is 6.07. The molecular weight excluding hydrogens is 376 g/mol. The average molecular weight is 398 g/mol. The molecule has 3 aliphatic heterocycles. The maximum Gasteiger partial charge on any atom is 0.414 e. The van der Waals surface area contributed by atoms with Crippen molar-refractivity contribution in [1.29, 1.82) is 0 Å². The molecule has 29 heavy (non-hydrogen) atoms. The smallest absolute Gasteiger partial charge is 0.414 e. The minimum atomic E-state index is -0.794. The Morgan fingerprint density at radius 2 is 2.10 bits per heavy atom. The van der Waals surface area contributed by atoms with E-state index in [-0.39, 0.29) is 30.3 Å². The van der Waals surface area contributed by atoms with Gasteiger partial charge in [-0.3, -0.25) is 9.69 Å². The lowest BCUT2D eigenvalue weighted by atomic mass is 9.82. The third-order valence-corrected chi connectivity index (χ3v) is 5.54. The van der Waals surface area contributed by atoms with Gasteiger partial charge in [-0.25, -0.2) is 9.59 Å². The van der Waals surface area contributed by atoms with E-state index < -0.39 is 18.0 Å². The number of hydrogen-bond acceptors (Lipinski definition) is 6. The van der Waals surface area contributed by atoms with Crippen LogP contribution in [0.15, 0.2) is 42.6 Å². The van der Waals surface area contributed by atoms with E-state index in [0.29, 0.717) is 30.8 Å². The molecule has 1 N–H and O–H groups in total. The molecule has 8 heteroatoms. The fourth-order valence-electron chi connectivity index (χ4n) is 4.19. The number of fused-ring (bicyclic) bond motifs is 1. The Balaban J connectivity index is 1.66. The predicted octanol–water partition coefficient (Wildman–Crippen LogP) is 1.70. The lowest BCUT2D eigenvalue weighted by Gasteiger charge is -2.44. The lowest BCUT2D eigenvalue weighted by Crippen LogP contribution is -2.61. The fraction of sp³-hybridized carbons (Fsp3) is 0.381. The molecule has 0 saturated carbocycles. The van der Waals surface area contributed by atoms with Gasteiger partial charge in [-0.1, -0.05) is 24.8 Å². The number of β-lactam (4-membered cyclic amide) rings is 1. The summed E-state index contributed by atoms with van der Waals surface area (Å²) in [7, 11) is 0. The monoisotopic (exact) mass is 398 g/mol. The van der Waals surface area contributed by atoms with Crippen LogP contribution in [0.3, 0.4) is 0 Å². The van der Waals surface area contributed by atoms with Crippen LogP contribution >= 0.6 is 0 Å². The highest BCUT2D eigenvalue weighted by atomic mass is 16.6. The van der Waals surface area contributed by atoms with Crippen molar-refractivity contribution >= 4 is 29.2 Å². The summed E-state index contributed by atoms with van der Waals surface area (Å²) in [5.74, 6) is -1.40. The molecule has 152 valence electrons. The van der Waals surface area contributed by atoms with E-state index >= 15 is 0 Å². The quantitative estimate of drug-likeness (QED) is 0.445. The van der Waals surface area contributed by atoms with Crippen molar-refractivity contribution in [3.05, 3.63) is 48.2 Å². The van der Waals surface area contributed by atoms with Crippen molar-refractivity contribution in [3.63, 3.8) is 0 Å². The summed E-state index contributed by atoms with van der Waals surface area (Å²) < 4.78 is 10.2. The van der Waals surface area contributed by atoms with Crippen molar-refractivity contribution in [2.75, 3.05) is 24.7 Å². The minimum Gasteiger partial charge on any atom is -0.457 e. The largest absolute Gasteiger partial charge is 0.457 e. The highest BCUT2D eigenvalue weighted by Gasteiger charge is 2.57. The molecular formula is C21H22N2O6. The first kappa shape index (κ1) is 19.2. The van der Waals surface area contributed by atoms with Gasteiger partial charge in [0.2, 0.25) is 5.91 Å². The van der Waals surface area contributed by atoms with Crippen LogP contribution in [-0.4, -0.2) is 59.9 Å². The summed E-state index contributed by atoms with van der Waals surface area (Å²) in [6, 6.07) is 6.92. The molecule has 0 spiro atoms. The van der Waals surface area contributed by atoms with Gasteiger partial charge in [-0.2, -0.15) is 0 Å². The molecule has 0 aromatic heterocycles. The number of rotatable bonds is 6. The summed E-state index contributed by atoms with van der Waals surface area (Å²) in [6.45, 7) is 6.00. The van der Waals surface area contributed by atoms with E-state index in [0.717, 1.165) is 5.56 Å². The summed E-state index contributed by atoms with van der Waals surface area (Å²) in [5, 5.41) is 9.95. The number of amides is 2. The molecule has 8 nitrogen and oxygen atoms in total. The SMILES string of the molecule is C=CCOC(=O)C1=C(c2ccc(N3CCOC3=O)cc2)C[C@@H]2[C@@H]([C@@H](C)O)C(=O)N12. The number of esters is 1. The molecule has 0 unspecified atom stereocenters. The highest BCUT2D eigenvalue weighted by Crippen LogP contribution is 2.47. The Kier molecular flexibility index (Phi) is 4.87. The van der Waals surface area contributed by atoms with E-state index in [9.17, 15) is 19.5 Å². The van der Waals surface area contributed by atoms with Crippen LogP contribution < -0.4 is 4.90 Å². The Morgan fingerprint density at radius 3 is 2.69 bits per heavy atom. The van der Waals surface area contributed by atoms with E-state index in [4.69, 9.17) is 9.47 Å². The van der Waals surface area contributed by atoms with Crippen molar-refractivity contribution in [1.82, 2.24) is 4.90 Å². The Morgan fingerprint density at radius 1 is 1.38 bits per heavy atom. The third kappa shape index (κ3) is 3.09. The maximum absolute atomic E-state index is 12.7. The Bertz CT molecular complexity index is 904. The molecule has 0 radical (unpaired) electrons. The molecule has 4 rings (SSSR count). The molecule has 2 saturated heterocycles. The van der Waals surface area contributed by atoms with E-state index in [1.165, 1.54) is 15.9 Å². The summed E-state index contributed by atoms with van der Waals surface area (Å²) in [5.41, 5.74) is 2.37. The van der Waals surface area contributed by atoms with Crippen LogP contribution in [-0.2, 0) is 19.1 Å². The van der Waals surface area contributed by atoms with Crippen molar-refractivity contribution in [2.24, 2.45) is 5.92 Å². The van der Waals surface area contributed by atoms with Gasteiger partial charge in [-0.05, 0) is 36.6 Å². The number of hydrogen-bond donors (Lipinski definition) is 1. The van der Waals surface area contributed by atoms with Gasteiger partial charge in [0.1, 0.15) is 18.9 Å². The molecule has 2 fully saturated rings. The van der Waals surface area contributed by atoms with Crippen molar-refractivity contribution in [2.45, 2.75) is 25.5 Å². The number of carbonyl (C=O) groups is 3. The number of carbonyl (C=O) groups excluding carboxylic acids is 3. The number of anilines is 1. The lowest BCUT2D eigenvalue weighted by molar-refractivity contribution is -0.162. The normalized spacial score (nSPS) is 24.2. The van der Waals surface area contributed by atoms with Crippen LogP contribution in [0.25, 0.3) is 5.57 Å². The Labute approximate surface area is 168 Å². The van der Waals surface area contributed by atoms with Crippen LogP contribution in [0.5, 0.6) is 0 Å². The number of aliphatic hydroxyl groups is 1. The number of nitrogens with zero attached hydrogens (tertiary/aromatic N) is 2. The first-order valence-corrected chi connectivity index (χ1v) is 9.51. The van der Waals surface area contributed by atoms with Gasteiger partial charge < -0.3 is 19.5 Å². The van der Waals surface area contributed by atoms with Crippen LogP contribution in [0.1, 0.15) is 18.9 Å². The summed E-state index contributed by atoms with van der Waals surface area (Å²) in [4.78, 5) is 39.9. The van der Waals surface area contributed by atoms with E-state index in [1.54, 1.807) is 19.1 Å². The molecule has 1 aromatic rings. The maximum atomic E-state index is 12.7. The van der Waals surface area contributed by atoms with E-state index in [1.807, 2.05) is 12.1 Å². The average Bonchev–Trinajstić information content (AvgIpc) is 3.27.